The quantitative estimate of drug-likeness (QED) is 0.516. The third-order valence-corrected chi connectivity index (χ3v) is 4.66. The van der Waals surface area contributed by atoms with Crippen molar-refractivity contribution in [2.45, 2.75) is 20.0 Å². The Kier molecular flexibility index (Phi) is 7.40. The highest BCUT2D eigenvalue weighted by atomic mass is 16.3. The van der Waals surface area contributed by atoms with Gasteiger partial charge < -0.3 is 20.6 Å². The van der Waals surface area contributed by atoms with Gasteiger partial charge in [-0.3, -0.25) is 9.59 Å². The molecule has 0 fully saturated rings. The molecule has 0 bridgehead atoms. The van der Waals surface area contributed by atoms with Gasteiger partial charge in [-0.1, -0.05) is 42.5 Å². The van der Waals surface area contributed by atoms with Crippen LogP contribution in [0.15, 0.2) is 78.9 Å². The molecule has 6 nitrogen and oxygen atoms in total. The molecule has 0 aliphatic carbocycles. The summed E-state index contributed by atoms with van der Waals surface area (Å²) in [6, 6.07) is 23.9. The van der Waals surface area contributed by atoms with Gasteiger partial charge in [-0.25, -0.2) is 0 Å². The van der Waals surface area contributed by atoms with Crippen molar-refractivity contribution in [2.24, 2.45) is 0 Å². The number of hydrogen-bond acceptors (Lipinski definition) is 4. The van der Waals surface area contributed by atoms with Crippen LogP contribution in [0, 0.1) is 6.92 Å². The highest BCUT2D eigenvalue weighted by Crippen LogP contribution is 2.19. The number of hydrogen-bond donors (Lipinski definition) is 3. The van der Waals surface area contributed by atoms with E-state index in [-0.39, 0.29) is 18.4 Å². The number of carbonyl (C=O) groups excluding carboxylic acids is 2. The van der Waals surface area contributed by atoms with E-state index >= 15 is 0 Å². The largest absolute Gasteiger partial charge is 0.392 e. The Balaban J connectivity index is 1.73. The Labute approximate surface area is 182 Å². The first-order chi connectivity index (χ1) is 14.9. The Hall–Kier alpha value is -3.64. The topological polar surface area (TPSA) is 81.7 Å². The lowest BCUT2D eigenvalue weighted by atomic mass is 10.1. The summed E-state index contributed by atoms with van der Waals surface area (Å²) >= 11 is 0. The maximum Gasteiger partial charge on any atom is 0.257 e. The van der Waals surface area contributed by atoms with Crippen LogP contribution in [0.1, 0.15) is 22.8 Å². The summed E-state index contributed by atoms with van der Waals surface area (Å²) in [7, 11) is 0. The van der Waals surface area contributed by atoms with Crippen molar-refractivity contribution in [3.8, 4) is 0 Å². The minimum Gasteiger partial charge on any atom is -0.392 e. The van der Waals surface area contributed by atoms with E-state index in [1.165, 1.54) is 0 Å². The number of aryl methyl sites for hydroxylation is 1. The zero-order valence-electron chi connectivity index (χ0n) is 17.7. The molecule has 1 atom stereocenters. The Morgan fingerprint density at radius 3 is 2.35 bits per heavy atom. The molecule has 3 aromatic rings. The van der Waals surface area contributed by atoms with Crippen LogP contribution in [0.2, 0.25) is 0 Å². The van der Waals surface area contributed by atoms with Gasteiger partial charge in [0, 0.05) is 17.9 Å². The van der Waals surface area contributed by atoms with Crippen LogP contribution >= 0.6 is 0 Å². The Morgan fingerprint density at radius 2 is 1.65 bits per heavy atom. The number of para-hydroxylation sites is 2. The van der Waals surface area contributed by atoms with E-state index in [1.807, 2.05) is 61.5 Å². The lowest BCUT2D eigenvalue weighted by molar-refractivity contribution is -0.115. The van der Waals surface area contributed by atoms with E-state index in [4.69, 9.17) is 0 Å². The van der Waals surface area contributed by atoms with Crippen molar-refractivity contribution in [1.29, 1.82) is 0 Å². The lowest BCUT2D eigenvalue weighted by Gasteiger charge is -2.25. The highest BCUT2D eigenvalue weighted by Gasteiger charge is 2.17. The van der Waals surface area contributed by atoms with E-state index in [9.17, 15) is 14.7 Å². The SMILES string of the molecule is Cc1cccc(NC(=O)c2ccccc2NC(=O)CN(CC(C)O)c2ccccc2)c1. The van der Waals surface area contributed by atoms with Gasteiger partial charge in [0.2, 0.25) is 5.91 Å². The maximum absolute atomic E-state index is 12.8. The van der Waals surface area contributed by atoms with Gasteiger partial charge in [0.1, 0.15) is 0 Å². The van der Waals surface area contributed by atoms with Crippen molar-refractivity contribution in [1.82, 2.24) is 0 Å². The minimum absolute atomic E-state index is 0.0444. The van der Waals surface area contributed by atoms with Gasteiger partial charge in [0.25, 0.3) is 5.91 Å². The van der Waals surface area contributed by atoms with Gasteiger partial charge in [-0.2, -0.15) is 0 Å². The molecule has 0 aromatic heterocycles. The maximum atomic E-state index is 12.8. The van der Waals surface area contributed by atoms with Crippen molar-refractivity contribution >= 4 is 28.9 Å². The molecule has 0 saturated carbocycles. The molecule has 3 rings (SSSR count). The fourth-order valence-electron chi connectivity index (χ4n) is 3.29. The molecule has 0 aliphatic rings. The molecule has 0 saturated heterocycles. The summed E-state index contributed by atoms with van der Waals surface area (Å²) in [5.74, 6) is -0.578. The van der Waals surface area contributed by atoms with Crippen molar-refractivity contribution in [2.75, 3.05) is 28.6 Å². The number of aliphatic hydroxyl groups excluding tert-OH is 1. The van der Waals surface area contributed by atoms with E-state index < -0.39 is 6.10 Å². The molecule has 6 heteroatoms. The molecule has 0 aliphatic heterocycles. The molecule has 31 heavy (non-hydrogen) atoms. The van der Waals surface area contributed by atoms with Crippen LogP contribution in [0.3, 0.4) is 0 Å². The van der Waals surface area contributed by atoms with Crippen LogP contribution < -0.4 is 15.5 Å². The molecular weight excluding hydrogens is 390 g/mol. The third kappa shape index (κ3) is 6.42. The number of nitrogens with zero attached hydrogens (tertiary/aromatic N) is 1. The molecule has 0 heterocycles. The molecule has 2 amide bonds. The van der Waals surface area contributed by atoms with Gasteiger partial charge in [-0.15, -0.1) is 0 Å². The summed E-state index contributed by atoms with van der Waals surface area (Å²) in [4.78, 5) is 27.4. The van der Waals surface area contributed by atoms with Crippen LogP contribution in [-0.4, -0.2) is 36.1 Å². The number of rotatable bonds is 8. The molecule has 0 spiro atoms. The number of nitrogens with one attached hydrogen (secondary N) is 2. The lowest BCUT2D eigenvalue weighted by Crippen LogP contribution is -2.38. The smallest absolute Gasteiger partial charge is 0.257 e. The number of aliphatic hydroxyl groups is 1. The summed E-state index contributed by atoms with van der Waals surface area (Å²) in [6.45, 7) is 3.99. The molecule has 1 unspecified atom stereocenters. The number of carbonyl (C=O) groups is 2. The molecule has 0 radical (unpaired) electrons. The first-order valence-corrected chi connectivity index (χ1v) is 10.2. The van der Waals surface area contributed by atoms with Crippen molar-refractivity contribution < 1.29 is 14.7 Å². The Morgan fingerprint density at radius 1 is 0.935 bits per heavy atom. The number of benzene rings is 3. The van der Waals surface area contributed by atoms with E-state index in [1.54, 1.807) is 36.1 Å². The van der Waals surface area contributed by atoms with E-state index in [2.05, 4.69) is 10.6 Å². The molecule has 160 valence electrons. The first-order valence-electron chi connectivity index (χ1n) is 10.2. The normalized spacial score (nSPS) is 11.5. The van der Waals surface area contributed by atoms with E-state index in [0.29, 0.717) is 23.5 Å². The highest BCUT2D eigenvalue weighted by molar-refractivity contribution is 6.10. The number of amides is 2. The second kappa shape index (κ2) is 10.4. The number of anilines is 3. The molecule has 3 N–H and O–H groups in total. The summed E-state index contributed by atoms with van der Waals surface area (Å²) in [5, 5.41) is 15.5. The predicted octanol–water partition coefficient (Wildman–Crippen LogP) is 4.07. The summed E-state index contributed by atoms with van der Waals surface area (Å²) in [6.07, 6.45) is -0.597. The van der Waals surface area contributed by atoms with Crippen LogP contribution in [0.25, 0.3) is 0 Å². The monoisotopic (exact) mass is 417 g/mol. The van der Waals surface area contributed by atoms with Crippen molar-refractivity contribution in [3.63, 3.8) is 0 Å². The zero-order valence-corrected chi connectivity index (χ0v) is 17.7. The zero-order chi connectivity index (χ0) is 22.2. The van der Waals surface area contributed by atoms with Gasteiger partial charge in [-0.05, 0) is 55.8 Å². The Bertz CT molecular complexity index is 1030. The second-order valence-corrected chi connectivity index (χ2v) is 7.48. The summed E-state index contributed by atoms with van der Waals surface area (Å²) in [5.41, 5.74) is 3.38. The molecular formula is C25H27N3O3. The minimum atomic E-state index is -0.597. The first kappa shape index (κ1) is 22.1. The fraction of sp³-hybridized carbons (Fsp3) is 0.200. The van der Waals surface area contributed by atoms with Crippen LogP contribution in [-0.2, 0) is 4.79 Å². The summed E-state index contributed by atoms with van der Waals surface area (Å²) < 4.78 is 0. The van der Waals surface area contributed by atoms with Gasteiger partial charge in [0.15, 0.2) is 0 Å². The predicted molar refractivity (Wildman–Crippen MR) is 125 cm³/mol. The fourth-order valence-corrected chi connectivity index (χ4v) is 3.29. The average molecular weight is 418 g/mol. The molecule has 3 aromatic carbocycles. The van der Waals surface area contributed by atoms with Gasteiger partial charge >= 0.3 is 0 Å². The van der Waals surface area contributed by atoms with Crippen LogP contribution in [0.5, 0.6) is 0 Å². The van der Waals surface area contributed by atoms with Gasteiger partial charge in [0.05, 0.1) is 23.9 Å². The van der Waals surface area contributed by atoms with Crippen molar-refractivity contribution in [3.05, 3.63) is 90.0 Å². The van der Waals surface area contributed by atoms with E-state index in [0.717, 1.165) is 11.3 Å². The standard InChI is InChI=1S/C25H27N3O3/c1-18-9-8-10-20(15-18)26-25(31)22-13-6-7-14-23(22)27-24(30)17-28(16-19(2)29)21-11-4-3-5-12-21/h3-15,19,29H,16-17H2,1-2H3,(H,26,31)(H,27,30). The third-order valence-electron chi connectivity index (χ3n) is 4.66. The second-order valence-electron chi connectivity index (χ2n) is 7.48. The average Bonchev–Trinajstić information content (AvgIpc) is 2.74. The van der Waals surface area contributed by atoms with Crippen LogP contribution in [0.4, 0.5) is 17.1 Å².